The molecule has 1 fully saturated rings. The third-order valence-corrected chi connectivity index (χ3v) is 7.00. The summed E-state index contributed by atoms with van der Waals surface area (Å²) in [5.74, 6) is -0.604. The second-order valence-corrected chi connectivity index (χ2v) is 10.2. The molecule has 0 spiro atoms. The van der Waals surface area contributed by atoms with Gasteiger partial charge in [0.15, 0.2) is 0 Å². The molecule has 3 atom stereocenters. The number of hydrogen-bond acceptors (Lipinski definition) is 8. The Morgan fingerprint density at radius 1 is 1.29 bits per heavy atom. The van der Waals surface area contributed by atoms with Gasteiger partial charge in [-0.1, -0.05) is 19.0 Å². The summed E-state index contributed by atoms with van der Waals surface area (Å²) in [4.78, 5) is 45.5. The van der Waals surface area contributed by atoms with Crippen molar-refractivity contribution in [3.05, 3.63) is 62.2 Å². The Hall–Kier alpha value is -3.98. The highest BCUT2D eigenvalue weighted by molar-refractivity contribution is 5.97. The van der Waals surface area contributed by atoms with Crippen LogP contribution in [0.15, 0.2) is 39.1 Å². The summed E-state index contributed by atoms with van der Waals surface area (Å²) in [6, 6.07) is 4.98. The summed E-state index contributed by atoms with van der Waals surface area (Å²) < 4.78 is 28.2. The van der Waals surface area contributed by atoms with Crippen LogP contribution in [0.4, 0.5) is 4.39 Å². The lowest BCUT2D eigenvalue weighted by molar-refractivity contribution is -0.124. The van der Waals surface area contributed by atoms with Gasteiger partial charge >= 0.3 is 5.69 Å². The summed E-state index contributed by atoms with van der Waals surface area (Å²) >= 11 is 0. The Kier molecular flexibility index (Phi) is 11.2. The van der Waals surface area contributed by atoms with E-state index in [4.69, 9.17) is 19.6 Å². The van der Waals surface area contributed by atoms with Crippen LogP contribution in [0, 0.1) is 23.1 Å². The SMILES string of the molecule is CCO/N=C(\C)c1cn(CC(OCCC#N)c2cc(F)ccc2OC)c(=O)n(C2CCCC2NC(=O)C(C)C)c1=O. The number of halogens is 1. The van der Waals surface area contributed by atoms with Gasteiger partial charge in [0.2, 0.25) is 5.91 Å². The van der Waals surface area contributed by atoms with E-state index < -0.39 is 35.3 Å². The number of aromatic nitrogens is 2. The maximum absolute atomic E-state index is 14.3. The molecule has 2 aromatic rings. The lowest BCUT2D eigenvalue weighted by Crippen LogP contribution is -2.50. The summed E-state index contributed by atoms with van der Waals surface area (Å²) in [5, 5.41) is 16.1. The molecule has 1 heterocycles. The van der Waals surface area contributed by atoms with Crippen LogP contribution in [0.2, 0.25) is 0 Å². The molecule has 1 aromatic heterocycles. The van der Waals surface area contributed by atoms with Crippen molar-refractivity contribution in [3.63, 3.8) is 0 Å². The maximum Gasteiger partial charge on any atom is 0.331 e. The fraction of sp³-hybridized carbons (Fsp3) is 0.552. The van der Waals surface area contributed by atoms with E-state index in [1.165, 1.54) is 40.6 Å². The summed E-state index contributed by atoms with van der Waals surface area (Å²) in [6.45, 7) is 7.11. The molecule has 1 aliphatic carbocycles. The van der Waals surface area contributed by atoms with Gasteiger partial charge < -0.3 is 19.6 Å². The van der Waals surface area contributed by atoms with Gasteiger partial charge in [0.25, 0.3) is 5.56 Å². The summed E-state index contributed by atoms with van der Waals surface area (Å²) in [6.07, 6.45) is 2.43. The van der Waals surface area contributed by atoms with Gasteiger partial charge in [0.05, 0.1) is 50.1 Å². The molecule has 11 nitrogen and oxygen atoms in total. The zero-order valence-electron chi connectivity index (χ0n) is 24.2. The van der Waals surface area contributed by atoms with Crippen LogP contribution in [-0.2, 0) is 20.9 Å². The molecule has 0 radical (unpaired) electrons. The Morgan fingerprint density at radius 3 is 2.71 bits per heavy atom. The first kappa shape index (κ1) is 31.5. The number of carbonyl (C=O) groups is 1. The molecule has 3 unspecified atom stereocenters. The van der Waals surface area contributed by atoms with Gasteiger partial charge in [-0.05, 0) is 51.3 Å². The number of hydrogen-bond donors (Lipinski definition) is 1. The Morgan fingerprint density at radius 2 is 2.05 bits per heavy atom. The molecule has 0 saturated heterocycles. The molecule has 1 aromatic carbocycles. The number of benzene rings is 1. The molecule has 1 amide bonds. The van der Waals surface area contributed by atoms with Crippen LogP contribution in [-0.4, -0.2) is 47.1 Å². The zero-order chi connectivity index (χ0) is 30.1. The van der Waals surface area contributed by atoms with Crippen LogP contribution < -0.4 is 21.3 Å². The van der Waals surface area contributed by atoms with Crippen LogP contribution in [0.5, 0.6) is 5.75 Å². The van der Waals surface area contributed by atoms with Crippen molar-refractivity contribution in [3.8, 4) is 11.8 Å². The first-order valence-electron chi connectivity index (χ1n) is 13.8. The minimum atomic E-state index is -0.894. The molecule has 1 aliphatic rings. The van der Waals surface area contributed by atoms with Gasteiger partial charge in [0, 0.05) is 23.7 Å². The van der Waals surface area contributed by atoms with E-state index in [0.717, 1.165) is 6.42 Å². The van der Waals surface area contributed by atoms with Gasteiger partial charge in [-0.25, -0.2) is 9.18 Å². The van der Waals surface area contributed by atoms with E-state index in [-0.39, 0.29) is 49.3 Å². The van der Waals surface area contributed by atoms with Gasteiger partial charge in [-0.3, -0.25) is 18.7 Å². The molecule has 0 bridgehead atoms. The van der Waals surface area contributed by atoms with Crippen molar-refractivity contribution < 1.29 is 23.5 Å². The zero-order valence-corrected chi connectivity index (χ0v) is 24.2. The topological polar surface area (TPSA) is 137 Å². The largest absolute Gasteiger partial charge is 0.496 e. The van der Waals surface area contributed by atoms with Crippen LogP contribution in [0.3, 0.4) is 0 Å². The standard InChI is InChI=1S/C29H38FN5O6/c1-6-41-33-19(4)22-16-34(17-26(40-14-8-13-31)21-15-20(30)11-12-25(21)39-5)29(38)35(28(22)37)24-10-7-9-23(24)32-27(36)18(2)3/h11-12,15-16,18,23-24,26H,6-10,14,17H2,1-5H3,(H,32,36)/b33-19+. The molecule has 1 N–H and O–H groups in total. The molecule has 0 aliphatic heterocycles. The normalized spacial score (nSPS) is 17.8. The number of nitrogens with one attached hydrogen (secondary N) is 1. The van der Waals surface area contributed by atoms with E-state index in [1.54, 1.807) is 27.7 Å². The van der Waals surface area contributed by atoms with E-state index in [1.807, 2.05) is 6.07 Å². The third kappa shape index (κ3) is 7.61. The molecular formula is C29H38FN5O6. The number of amides is 1. The Balaban J connectivity index is 2.18. The van der Waals surface area contributed by atoms with Crippen molar-refractivity contribution in [1.82, 2.24) is 14.5 Å². The molecule has 222 valence electrons. The molecule has 3 rings (SSSR count). The van der Waals surface area contributed by atoms with E-state index >= 15 is 0 Å². The number of ether oxygens (including phenoxy) is 2. The number of carbonyl (C=O) groups excluding carboxylic acids is 1. The smallest absolute Gasteiger partial charge is 0.331 e. The number of nitriles is 1. The number of oxime groups is 1. The highest BCUT2D eigenvalue weighted by Gasteiger charge is 2.34. The molecule has 1 saturated carbocycles. The summed E-state index contributed by atoms with van der Waals surface area (Å²) in [7, 11) is 1.44. The van der Waals surface area contributed by atoms with Crippen LogP contribution in [0.1, 0.15) is 76.7 Å². The van der Waals surface area contributed by atoms with Gasteiger partial charge in [-0.2, -0.15) is 5.26 Å². The van der Waals surface area contributed by atoms with Gasteiger partial charge in [0.1, 0.15) is 24.3 Å². The van der Waals surface area contributed by atoms with Crippen LogP contribution in [0.25, 0.3) is 0 Å². The van der Waals surface area contributed by atoms with E-state index in [9.17, 15) is 18.8 Å². The minimum Gasteiger partial charge on any atom is -0.496 e. The number of methoxy groups -OCH3 is 1. The van der Waals surface area contributed by atoms with Crippen LogP contribution >= 0.6 is 0 Å². The van der Waals surface area contributed by atoms with Crippen molar-refractivity contribution >= 4 is 11.6 Å². The van der Waals surface area contributed by atoms with Crippen molar-refractivity contribution in [2.75, 3.05) is 20.3 Å². The van der Waals surface area contributed by atoms with Gasteiger partial charge in [-0.15, -0.1) is 0 Å². The highest BCUT2D eigenvalue weighted by Crippen LogP contribution is 2.31. The minimum absolute atomic E-state index is 0.0266. The monoisotopic (exact) mass is 571 g/mol. The van der Waals surface area contributed by atoms with Crippen molar-refractivity contribution in [1.29, 1.82) is 5.26 Å². The first-order chi connectivity index (χ1) is 19.6. The fourth-order valence-electron chi connectivity index (χ4n) is 4.89. The lowest BCUT2D eigenvalue weighted by Gasteiger charge is -2.26. The predicted octanol–water partition coefficient (Wildman–Crippen LogP) is 3.46. The lowest BCUT2D eigenvalue weighted by atomic mass is 10.1. The average molecular weight is 572 g/mol. The van der Waals surface area contributed by atoms with Crippen molar-refractivity contribution in [2.24, 2.45) is 11.1 Å². The summed E-state index contributed by atoms with van der Waals surface area (Å²) in [5.41, 5.74) is -0.401. The molecule has 12 heteroatoms. The molecular weight excluding hydrogens is 533 g/mol. The molecule has 41 heavy (non-hydrogen) atoms. The second kappa shape index (κ2) is 14.6. The Bertz CT molecular complexity index is 1410. The predicted molar refractivity (Wildman–Crippen MR) is 150 cm³/mol. The number of rotatable bonds is 13. The second-order valence-electron chi connectivity index (χ2n) is 10.2. The fourth-order valence-corrected chi connectivity index (χ4v) is 4.89. The van der Waals surface area contributed by atoms with Crippen molar-refractivity contribution in [2.45, 2.75) is 78.1 Å². The number of nitrogens with zero attached hydrogens (tertiary/aromatic N) is 4. The highest BCUT2D eigenvalue weighted by atomic mass is 19.1. The van der Waals surface area contributed by atoms with E-state index in [0.29, 0.717) is 24.2 Å². The quantitative estimate of drug-likeness (QED) is 0.221. The third-order valence-electron chi connectivity index (χ3n) is 7.00. The van der Waals surface area contributed by atoms with E-state index in [2.05, 4.69) is 10.5 Å². The first-order valence-corrected chi connectivity index (χ1v) is 13.8. The maximum atomic E-state index is 14.3. The Labute approximate surface area is 238 Å². The average Bonchev–Trinajstić information content (AvgIpc) is 3.39.